The Kier molecular flexibility index (Phi) is 6.34. The molecule has 0 heterocycles. The molecule has 1 N–H and O–H groups in total. The van der Waals surface area contributed by atoms with E-state index in [0.717, 1.165) is 6.42 Å². The summed E-state index contributed by atoms with van der Waals surface area (Å²) < 4.78 is 0. The van der Waals surface area contributed by atoms with Crippen molar-refractivity contribution in [3.8, 4) is 0 Å². The summed E-state index contributed by atoms with van der Waals surface area (Å²) >= 11 is 7.19. The number of nitrogens with one attached hydrogen (secondary N) is 1. The monoisotopic (exact) mass is 257 g/mol. The van der Waals surface area contributed by atoms with Crippen LogP contribution in [0.15, 0.2) is 29.2 Å². The normalized spacial score (nSPS) is 10.1. The molecule has 1 aromatic carbocycles. The summed E-state index contributed by atoms with van der Waals surface area (Å²) in [6.07, 6.45) is 3.32. The number of amides is 1. The second-order valence-electron chi connectivity index (χ2n) is 3.39. The average molecular weight is 258 g/mol. The number of carbonyl (C=O) groups is 1. The minimum Gasteiger partial charge on any atom is -0.356 e. The molecule has 88 valence electrons. The van der Waals surface area contributed by atoms with Gasteiger partial charge in [0, 0.05) is 23.7 Å². The van der Waals surface area contributed by atoms with Crippen LogP contribution in [0.2, 0.25) is 0 Å². The Labute approximate surface area is 106 Å². The van der Waals surface area contributed by atoms with Gasteiger partial charge < -0.3 is 5.32 Å². The molecular weight excluding hydrogens is 242 g/mol. The summed E-state index contributed by atoms with van der Waals surface area (Å²) in [6.45, 7) is 0.675. The van der Waals surface area contributed by atoms with Crippen LogP contribution in [0.4, 0.5) is 0 Å². The molecule has 16 heavy (non-hydrogen) atoms. The molecule has 0 aliphatic rings. The van der Waals surface area contributed by atoms with E-state index in [-0.39, 0.29) is 5.91 Å². The maximum Gasteiger partial charge on any atom is 0.221 e. The first-order valence-electron chi connectivity index (χ1n) is 5.22. The quantitative estimate of drug-likeness (QED) is 0.627. The Hall–Kier alpha value is -0.670. The van der Waals surface area contributed by atoms with E-state index in [0.29, 0.717) is 18.8 Å². The van der Waals surface area contributed by atoms with E-state index in [9.17, 15) is 4.79 Å². The number of halogens is 1. The van der Waals surface area contributed by atoms with Crippen LogP contribution in [0.25, 0.3) is 0 Å². The zero-order chi connectivity index (χ0) is 11.8. The number of carbonyl (C=O) groups excluding carboxylic acids is 1. The lowest BCUT2D eigenvalue weighted by atomic mass is 10.1. The van der Waals surface area contributed by atoms with Crippen LogP contribution in [0.3, 0.4) is 0 Å². The van der Waals surface area contributed by atoms with Crippen LogP contribution < -0.4 is 5.32 Å². The van der Waals surface area contributed by atoms with E-state index in [1.54, 1.807) is 11.8 Å². The molecule has 0 aliphatic heterocycles. The maximum absolute atomic E-state index is 11.1. The van der Waals surface area contributed by atoms with Crippen molar-refractivity contribution in [2.75, 3.05) is 18.7 Å². The van der Waals surface area contributed by atoms with Crippen LogP contribution >= 0.6 is 23.4 Å². The van der Waals surface area contributed by atoms with Crippen LogP contribution in [0, 0.1) is 0 Å². The summed E-state index contributed by atoms with van der Waals surface area (Å²) in [5, 5.41) is 2.83. The molecule has 1 aromatic rings. The van der Waals surface area contributed by atoms with Gasteiger partial charge in [0.2, 0.25) is 5.91 Å². The Morgan fingerprint density at radius 1 is 1.38 bits per heavy atom. The number of alkyl halides is 1. The highest BCUT2D eigenvalue weighted by molar-refractivity contribution is 7.98. The van der Waals surface area contributed by atoms with Crippen LogP contribution in [0.5, 0.6) is 0 Å². The SMILES string of the molecule is CSc1ccc(CCNC(=O)CCCl)cc1. The molecule has 0 fully saturated rings. The van der Waals surface area contributed by atoms with Gasteiger partial charge >= 0.3 is 0 Å². The Morgan fingerprint density at radius 3 is 2.62 bits per heavy atom. The summed E-state index contributed by atoms with van der Waals surface area (Å²) in [6, 6.07) is 8.39. The Bertz CT molecular complexity index is 326. The lowest BCUT2D eigenvalue weighted by Crippen LogP contribution is -2.25. The highest BCUT2D eigenvalue weighted by Crippen LogP contribution is 2.14. The number of thioether (sulfide) groups is 1. The van der Waals surface area contributed by atoms with Gasteiger partial charge in [-0.1, -0.05) is 12.1 Å². The van der Waals surface area contributed by atoms with E-state index in [1.165, 1.54) is 10.5 Å². The predicted octanol–water partition coefficient (Wildman–Crippen LogP) is 2.70. The van der Waals surface area contributed by atoms with Gasteiger partial charge in [-0.15, -0.1) is 23.4 Å². The van der Waals surface area contributed by atoms with E-state index in [4.69, 9.17) is 11.6 Å². The third-order valence-electron chi connectivity index (χ3n) is 2.22. The van der Waals surface area contributed by atoms with Crippen molar-refractivity contribution in [1.82, 2.24) is 5.32 Å². The first-order chi connectivity index (χ1) is 7.76. The zero-order valence-corrected chi connectivity index (χ0v) is 10.9. The highest BCUT2D eigenvalue weighted by atomic mass is 35.5. The molecule has 0 saturated heterocycles. The molecule has 0 aliphatic carbocycles. The van der Waals surface area contributed by atoms with Gasteiger partial charge in [0.1, 0.15) is 0 Å². The number of benzene rings is 1. The molecule has 0 saturated carbocycles. The first kappa shape index (κ1) is 13.4. The van der Waals surface area contributed by atoms with Crippen molar-refractivity contribution in [3.05, 3.63) is 29.8 Å². The number of hydrogen-bond acceptors (Lipinski definition) is 2. The van der Waals surface area contributed by atoms with Gasteiger partial charge in [-0.25, -0.2) is 0 Å². The minimum atomic E-state index is 0.0238. The first-order valence-corrected chi connectivity index (χ1v) is 6.98. The third-order valence-corrected chi connectivity index (χ3v) is 3.15. The fraction of sp³-hybridized carbons (Fsp3) is 0.417. The molecule has 0 radical (unpaired) electrons. The molecule has 0 bridgehead atoms. The van der Waals surface area contributed by atoms with Gasteiger partial charge in [-0.2, -0.15) is 0 Å². The fourth-order valence-corrected chi connectivity index (χ4v) is 1.89. The van der Waals surface area contributed by atoms with Gasteiger partial charge in [0.25, 0.3) is 0 Å². The van der Waals surface area contributed by atoms with Crippen molar-refractivity contribution in [1.29, 1.82) is 0 Å². The zero-order valence-electron chi connectivity index (χ0n) is 9.33. The van der Waals surface area contributed by atoms with Crippen LogP contribution in [0.1, 0.15) is 12.0 Å². The smallest absolute Gasteiger partial charge is 0.221 e. The lowest BCUT2D eigenvalue weighted by Gasteiger charge is -2.04. The summed E-state index contributed by atoms with van der Waals surface area (Å²) in [4.78, 5) is 12.4. The second-order valence-corrected chi connectivity index (χ2v) is 4.64. The molecule has 0 spiro atoms. The topological polar surface area (TPSA) is 29.1 Å². The number of hydrogen-bond donors (Lipinski definition) is 1. The average Bonchev–Trinajstić information content (AvgIpc) is 2.30. The largest absolute Gasteiger partial charge is 0.356 e. The molecule has 0 unspecified atom stereocenters. The van der Waals surface area contributed by atoms with E-state index in [2.05, 4.69) is 35.8 Å². The number of rotatable bonds is 6. The standard InChI is InChI=1S/C12H16ClNOS/c1-16-11-4-2-10(3-5-11)7-9-14-12(15)6-8-13/h2-5H,6-9H2,1H3,(H,14,15). The Morgan fingerprint density at radius 2 is 2.06 bits per heavy atom. The van der Waals surface area contributed by atoms with Crippen molar-refractivity contribution >= 4 is 29.3 Å². The summed E-state index contributed by atoms with van der Waals surface area (Å²) in [7, 11) is 0. The van der Waals surface area contributed by atoms with Gasteiger partial charge in [-0.3, -0.25) is 4.79 Å². The van der Waals surface area contributed by atoms with E-state index in [1.807, 2.05) is 0 Å². The molecule has 4 heteroatoms. The second kappa shape index (κ2) is 7.58. The highest BCUT2D eigenvalue weighted by Gasteiger charge is 1.99. The third kappa shape index (κ3) is 4.90. The lowest BCUT2D eigenvalue weighted by molar-refractivity contribution is -0.120. The minimum absolute atomic E-state index is 0.0238. The molecule has 1 amide bonds. The van der Waals surface area contributed by atoms with Crippen LogP contribution in [-0.2, 0) is 11.2 Å². The molecular formula is C12H16ClNOS. The molecule has 0 aromatic heterocycles. The summed E-state index contributed by atoms with van der Waals surface area (Å²) in [5.41, 5.74) is 1.24. The van der Waals surface area contributed by atoms with Gasteiger partial charge in [-0.05, 0) is 30.4 Å². The van der Waals surface area contributed by atoms with E-state index >= 15 is 0 Å². The summed E-state index contributed by atoms with van der Waals surface area (Å²) in [5.74, 6) is 0.407. The van der Waals surface area contributed by atoms with Crippen molar-refractivity contribution in [2.24, 2.45) is 0 Å². The fourth-order valence-electron chi connectivity index (χ4n) is 1.31. The molecule has 2 nitrogen and oxygen atoms in total. The maximum atomic E-state index is 11.1. The van der Waals surface area contributed by atoms with Gasteiger partial charge in [0.15, 0.2) is 0 Å². The molecule has 0 atom stereocenters. The van der Waals surface area contributed by atoms with Crippen LogP contribution in [-0.4, -0.2) is 24.6 Å². The van der Waals surface area contributed by atoms with E-state index < -0.39 is 0 Å². The van der Waals surface area contributed by atoms with Crippen molar-refractivity contribution < 1.29 is 4.79 Å². The van der Waals surface area contributed by atoms with Crippen molar-refractivity contribution in [2.45, 2.75) is 17.7 Å². The predicted molar refractivity (Wildman–Crippen MR) is 70.3 cm³/mol. The van der Waals surface area contributed by atoms with Crippen molar-refractivity contribution in [3.63, 3.8) is 0 Å². The molecule has 1 rings (SSSR count). The van der Waals surface area contributed by atoms with Gasteiger partial charge in [0.05, 0.1) is 0 Å². The Balaban J connectivity index is 2.29.